The number of nitrogens with zero attached hydrogens (tertiary/aromatic N) is 3. The molecule has 0 atom stereocenters. The third kappa shape index (κ3) is 4.44. The zero-order valence-corrected chi connectivity index (χ0v) is 17.5. The number of halogens is 1. The standard InChI is InChI=1S/C21H24FN7O3/c1-21(19(24)30)10-31-18(32-11-21)17-28-15(12-2-4-13(22)5-3-12)16(29-17)14-6-8-25-20(27-14)26-9-7-23/h2-6,8,18H,7,9-11,23H2,1H3,(H2,24,30)(H,28,29)(H,25,26,27). The zero-order valence-electron chi connectivity index (χ0n) is 17.5. The highest BCUT2D eigenvalue weighted by molar-refractivity contribution is 5.81. The number of carbonyl (C=O) groups excluding carboxylic acids is 1. The van der Waals surface area contributed by atoms with Crippen molar-refractivity contribution in [3.63, 3.8) is 0 Å². The molecule has 11 heteroatoms. The fourth-order valence-electron chi connectivity index (χ4n) is 3.18. The van der Waals surface area contributed by atoms with Gasteiger partial charge in [0.1, 0.15) is 5.82 Å². The second-order valence-corrected chi connectivity index (χ2v) is 7.71. The van der Waals surface area contributed by atoms with Crippen LogP contribution >= 0.6 is 0 Å². The normalized spacial score (nSPS) is 20.8. The Morgan fingerprint density at radius 1 is 1.25 bits per heavy atom. The lowest BCUT2D eigenvalue weighted by Crippen LogP contribution is -2.46. The highest BCUT2D eigenvalue weighted by Gasteiger charge is 2.39. The Bertz CT molecular complexity index is 1100. The maximum absolute atomic E-state index is 13.5. The molecule has 32 heavy (non-hydrogen) atoms. The molecule has 10 nitrogen and oxygen atoms in total. The molecular formula is C21H24FN7O3. The van der Waals surface area contributed by atoms with Crippen LogP contribution in [0.5, 0.6) is 0 Å². The topological polar surface area (TPSA) is 154 Å². The van der Waals surface area contributed by atoms with Crippen molar-refractivity contribution < 1.29 is 18.7 Å². The number of rotatable bonds is 7. The van der Waals surface area contributed by atoms with E-state index in [-0.39, 0.29) is 19.0 Å². The highest BCUT2D eigenvalue weighted by atomic mass is 19.1. The lowest BCUT2D eigenvalue weighted by atomic mass is 9.91. The average Bonchev–Trinajstić information content (AvgIpc) is 3.24. The van der Waals surface area contributed by atoms with E-state index >= 15 is 0 Å². The molecule has 4 rings (SSSR count). The molecule has 1 aliphatic rings. The van der Waals surface area contributed by atoms with Crippen molar-refractivity contribution in [3.05, 3.63) is 48.2 Å². The van der Waals surface area contributed by atoms with Gasteiger partial charge < -0.3 is 31.2 Å². The molecule has 0 saturated carbocycles. The van der Waals surface area contributed by atoms with Gasteiger partial charge in [0.05, 0.1) is 35.7 Å². The van der Waals surface area contributed by atoms with Crippen molar-refractivity contribution in [2.24, 2.45) is 16.9 Å². The summed E-state index contributed by atoms with van der Waals surface area (Å²) >= 11 is 0. The SMILES string of the molecule is CC1(C(N)=O)COC(c2nc(-c3ccc(F)cc3)c(-c3ccnc(NCCN)n3)[nH]2)OC1. The molecule has 0 spiro atoms. The number of aromatic amines is 1. The molecule has 0 aliphatic carbocycles. The van der Waals surface area contributed by atoms with Gasteiger partial charge in [-0.1, -0.05) is 0 Å². The number of benzene rings is 1. The number of aromatic nitrogens is 4. The number of amides is 1. The first-order valence-corrected chi connectivity index (χ1v) is 10.1. The molecule has 1 fully saturated rings. The maximum Gasteiger partial charge on any atom is 0.228 e. The highest BCUT2D eigenvalue weighted by Crippen LogP contribution is 2.35. The summed E-state index contributed by atoms with van der Waals surface area (Å²) in [5.74, 6) is -0.0508. The second kappa shape index (κ2) is 8.99. The summed E-state index contributed by atoms with van der Waals surface area (Å²) in [6.07, 6.45) is 0.786. The van der Waals surface area contributed by atoms with Crippen LogP contribution in [0.25, 0.3) is 22.6 Å². The summed E-state index contributed by atoms with van der Waals surface area (Å²) in [5.41, 5.74) is 12.4. The molecule has 0 unspecified atom stereocenters. The van der Waals surface area contributed by atoms with Crippen molar-refractivity contribution in [2.75, 3.05) is 31.6 Å². The predicted octanol–water partition coefficient (Wildman–Crippen LogP) is 1.58. The molecule has 3 aromatic rings. The molecule has 168 valence electrons. The largest absolute Gasteiger partial charge is 0.369 e. The number of hydrogen-bond donors (Lipinski definition) is 4. The van der Waals surface area contributed by atoms with Crippen LogP contribution < -0.4 is 16.8 Å². The number of carbonyl (C=O) groups is 1. The minimum Gasteiger partial charge on any atom is -0.369 e. The van der Waals surface area contributed by atoms with Crippen LogP contribution in [0.3, 0.4) is 0 Å². The smallest absolute Gasteiger partial charge is 0.228 e. The monoisotopic (exact) mass is 441 g/mol. The maximum atomic E-state index is 13.5. The van der Waals surface area contributed by atoms with Crippen LogP contribution in [0.1, 0.15) is 19.0 Å². The molecule has 0 bridgehead atoms. The van der Waals surface area contributed by atoms with E-state index < -0.39 is 17.6 Å². The molecular weight excluding hydrogens is 417 g/mol. The molecule has 6 N–H and O–H groups in total. The predicted molar refractivity (Wildman–Crippen MR) is 114 cm³/mol. The van der Waals surface area contributed by atoms with E-state index in [0.29, 0.717) is 47.5 Å². The van der Waals surface area contributed by atoms with Gasteiger partial charge in [0.25, 0.3) is 0 Å². The van der Waals surface area contributed by atoms with Crippen molar-refractivity contribution in [1.29, 1.82) is 0 Å². The molecule has 1 aromatic carbocycles. The van der Waals surface area contributed by atoms with Crippen molar-refractivity contribution in [3.8, 4) is 22.6 Å². The van der Waals surface area contributed by atoms with E-state index in [0.717, 1.165) is 0 Å². The van der Waals surface area contributed by atoms with Gasteiger partial charge in [0.15, 0.2) is 5.82 Å². The van der Waals surface area contributed by atoms with E-state index in [4.69, 9.17) is 20.9 Å². The van der Waals surface area contributed by atoms with E-state index in [1.807, 2.05) is 0 Å². The first-order chi connectivity index (χ1) is 15.4. The third-order valence-electron chi connectivity index (χ3n) is 5.10. The fraction of sp³-hybridized carbons (Fsp3) is 0.333. The quantitative estimate of drug-likeness (QED) is 0.431. The van der Waals surface area contributed by atoms with Crippen LogP contribution in [0, 0.1) is 11.2 Å². The molecule has 3 heterocycles. The van der Waals surface area contributed by atoms with Gasteiger partial charge in [0.2, 0.25) is 18.1 Å². The first-order valence-electron chi connectivity index (χ1n) is 10.1. The van der Waals surface area contributed by atoms with Crippen LogP contribution in [-0.4, -0.2) is 52.1 Å². The number of nitrogens with one attached hydrogen (secondary N) is 2. The number of nitrogens with two attached hydrogens (primary N) is 2. The van der Waals surface area contributed by atoms with Crippen LogP contribution in [0.2, 0.25) is 0 Å². The van der Waals surface area contributed by atoms with Crippen LogP contribution in [0.4, 0.5) is 10.3 Å². The molecule has 1 amide bonds. The van der Waals surface area contributed by atoms with Gasteiger partial charge in [-0.15, -0.1) is 0 Å². The summed E-state index contributed by atoms with van der Waals surface area (Å²) in [6.45, 7) is 2.82. The summed E-state index contributed by atoms with van der Waals surface area (Å²) in [6, 6.07) is 7.69. The van der Waals surface area contributed by atoms with E-state index in [1.165, 1.54) is 12.1 Å². The Morgan fingerprint density at radius 2 is 1.97 bits per heavy atom. The van der Waals surface area contributed by atoms with E-state index in [9.17, 15) is 9.18 Å². The van der Waals surface area contributed by atoms with E-state index in [1.54, 1.807) is 31.3 Å². The summed E-state index contributed by atoms with van der Waals surface area (Å²) in [5, 5.41) is 3.04. The second-order valence-electron chi connectivity index (χ2n) is 7.71. The van der Waals surface area contributed by atoms with Gasteiger partial charge in [-0.25, -0.2) is 19.3 Å². The van der Waals surface area contributed by atoms with Gasteiger partial charge in [-0.05, 0) is 37.3 Å². The Kier molecular flexibility index (Phi) is 6.12. The van der Waals surface area contributed by atoms with Gasteiger partial charge in [-0.3, -0.25) is 4.79 Å². The first kappa shape index (κ1) is 21.8. The van der Waals surface area contributed by atoms with Gasteiger partial charge in [0, 0.05) is 24.8 Å². The summed E-state index contributed by atoms with van der Waals surface area (Å²) in [7, 11) is 0. The number of anilines is 1. The lowest BCUT2D eigenvalue weighted by molar-refractivity contribution is -0.230. The Morgan fingerprint density at radius 3 is 2.62 bits per heavy atom. The molecule has 1 saturated heterocycles. The zero-order chi connectivity index (χ0) is 22.7. The number of ether oxygens (including phenoxy) is 2. The minimum atomic E-state index is -0.915. The van der Waals surface area contributed by atoms with Gasteiger partial charge >= 0.3 is 0 Å². The molecule has 1 aliphatic heterocycles. The number of hydrogen-bond acceptors (Lipinski definition) is 8. The van der Waals surface area contributed by atoms with E-state index in [2.05, 4.69) is 25.3 Å². The number of H-pyrrole nitrogens is 1. The minimum absolute atomic E-state index is 0.0928. The van der Waals surface area contributed by atoms with Crippen LogP contribution in [-0.2, 0) is 14.3 Å². The third-order valence-corrected chi connectivity index (χ3v) is 5.10. The fourth-order valence-corrected chi connectivity index (χ4v) is 3.18. The van der Waals surface area contributed by atoms with Crippen molar-refractivity contribution in [1.82, 2.24) is 19.9 Å². The Hall–Kier alpha value is -3.41. The van der Waals surface area contributed by atoms with Crippen LogP contribution in [0.15, 0.2) is 36.5 Å². The van der Waals surface area contributed by atoms with Gasteiger partial charge in [-0.2, -0.15) is 0 Å². The number of imidazole rings is 1. The number of primary amides is 1. The lowest BCUT2D eigenvalue weighted by Gasteiger charge is -2.34. The van der Waals surface area contributed by atoms with Crippen molar-refractivity contribution in [2.45, 2.75) is 13.2 Å². The van der Waals surface area contributed by atoms with Crippen molar-refractivity contribution >= 4 is 11.9 Å². The Labute approximate surface area is 183 Å². The Balaban J connectivity index is 1.70. The summed E-state index contributed by atoms with van der Waals surface area (Å²) in [4.78, 5) is 28.2. The summed E-state index contributed by atoms with van der Waals surface area (Å²) < 4.78 is 25.0. The molecule has 2 aromatic heterocycles. The average molecular weight is 441 g/mol. The molecule has 0 radical (unpaired) electrons.